The molecule has 0 aromatic rings. The standard InChI is InChI=1S/C10H17BO2/c12-11(13)10-4-7-1-8(5-10)3-9(2-7)6-10/h7-9,12-13H,1-6H2. The summed E-state index contributed by atoms with van der Waals surface area (Å²) in [5, 5.41) is 18.9. The van der Waals surface area contributed by atoms with E-state index in [1.165, 1.54) is 19.3 Å². The molecule has 0 unspecified atom stereocenters. The van der Waals surface area contributed by atoms with Gasteiger partial charge < -0.3 is 10.0 Å². The molecular weight excluding hydrogens is 163 g/mol. The van der Waals surface area contributed by atoms with Gasteiger partial charge in [-0.15, -0.1) is 0 Å². The lowest BCUT2D eigenvalue weighted by atomic mass is 9.38. The summed E-state index contributed by atoms with van der Waals surface area (Å²) >= 11 is 0. The van der Waals surface area contributed by atoms with E-state index in [1.807, 2.05) is 0 Å². The molecule has 4 rings (SSSR count). The maximum Gasteiger partial charge on any atom is 0.458 e. The van der Waals surface area contributed by atoms with Crippen molar-refractivity contribution in [3.05, 3.63) is 0 Å². The summed E-state index contributed by atoms with van der Waals surface area (Å²) in [6.07, 6.45) is 7.34. The molecule has 0 spiro atoms. The maximum absolute atomic E-state index is 9.47. The van der Waals surface area contributed by atoms with Crippen LogP contribution in [-0.4, -0.2) is 17.2 Å². The highest BCUT2D eigenvalue weighted by Gasteiger charge is 2.55. The lowest BCUT2D eigenvalue weighted by Gasteiger charge is -2.56. The van der Waals surface area contributed by atoms with Gasteiger partial charge in [-0.1, -0.05) is 0 Å². The van der Waals surface area contributed by atoms with E-state index in [0.717, 1.165) is 37.0 Å². The number of rotatable bonds is 1. The third-order valence-corrected chi connectivity index (χ3v) is 4.63. The molecule has 4 aliphatic rings. The third kappa shape index (κ3) is 1.10. The second kappa shape index (κ2) is 2.51. The monoisotopic (exact) mass is 180 g/mol. The minimum atomic E-state index is -1.05. The van der Waals surface area contributed by atoms with Crippen LogP contribution in [0.4, 0.5) is 0 Å². The second-order valence-corrected chi connectivity index (χ2v) is 5.65. The topological polar surface area (TPSA) is 40.5 Å². The van der Waals surface area contributed by atoms with Crippen molar-refractivity contribution in [2.24, 2.45) is 17.8 Å². The molecule has 0 saturated heterocycles. The van der Waals surface area contributed by atoms with E-state index < -0.39 is 7.12 Å². The molecule has 2 N–H and O–H groups in total. The molecule has 0 aromatic heterocycles. The van der Waals surface area contributed by atoms with Crippen molar-refractivity contribution in [3.63, 3.8) is 0 Å². The van der Waals surface area contributed by atoms with Gasteiger partial charge in [-0.25, -0.2) is 0 Å². The number of hydrogen-bond donors (Lipinski definition) is 2. The van der Waals surface area contributed by atoms with Crippen LogP contribution in [0.5, 0.6) is 0 Å². The van der Waals surface area contributed by atoms with Gasteiger partial charge in [0.25, 0.3) is 0 Å². The van der Waals surface area contributed by atoms with Crippen LogP contribution in [0.25, 0.3) is 0 Å². The first kappa shape index (κ1) is 8.31. The average Bonchev–Trinajstić information content (AvgIpc) is 2.00. The van der Waals surface area contributed by atoms with E-state index in [-0.39, 0.29) is 5.31 Å². The van der Waals surface area contributed by atoms with Gasteiger partial charge in [-0.05, 0) is 56.3 Å². The van der Waals surface area contributed by atoms with Crippen LogP contribution in [0.2, 0.25) is 5.31 Å². The molecule has 4 bridgehead atoms. The molecule has 0 aliphatic heterocycles. The molecule has 3 heteroatoms. The average molecular weight is 180 g/mol. The predicted molar refractivity (Wildman–Crippen MR) is 51.1 cm³/mol. The van der Waals surface area contributed by atoms with Gasteiger partial charge in [0.15, 0.2) is 0 Å². The summed E-state index contributed by atoms with van der Waals surface area (Å²) in [5.74, 6) is 2.44. The van der Waals surface area contributed by atoms with Crippen molar-refractivity contribution in [1.29, 1.82) is 0 Å². The zero-order valence-electron chi connectivity index (χ0n) is 7.95. The quantitative estimate of drug-likeness (QED) is 0.599. The van der Waals surface area contributed by atoms with Gasteiger partial charge >= 0.3 is 7.12 Å². The van der Waals surface area contributed by atoms with Gasteiger partial charge in [0.1, 0.15) is 0 Å². The fourth-order valence-corrected chi connectivity index (χ4v) is 4.49. The minimum Gasteiger partial charge on any atom is -0.427 e. The Morgan fingerprint density at radius 1 is 0.846 bits per heavy atom. The summed E-state index contributed by atoms with van der Waals surface area (Å²) in [6.45, 7) is 0. The van der Waals surface area contributed by atoms with Crippen molar-refractivity contribution in [3.8, 4) is 0 Å². The normalized spacial score (nSPS) is 52.6. The van der Waals surface area contributed by atoms with Gasteiger partial charge in [0, 0.05) is 5.31 Å². The van der Waals surface area contributed by atoms with Crippen LogP contribution in [0.15, 0.2) is 0 Å². The first-order valence-electron chi connectivity index (χ1n) is 5.54. The molecule has 4 fully saturated rings. The molecule has 4 aliphatic carbocycles. The van der Waals surface area contributed by atoms with Gasteiger partial charge in [0.2, 0.25) is 0 Å². The Labute approximate surface area is 79.5 Å². The first-order valence-corrected chi connectivity index (χ1v) is 5.54. The van der Waals surface area contributed by atoms with Crippen LogP contribution in [0.1, 0.15) is 38.5 Å². The summed E-state index contributed by atoms with van der Waals surface area (Å²) in [6, 6.07) is 0. The SMILES string of the molecule is OB(O)C12CC3CC(CC(C3)C1)C2. The fraction of sp³-hybridized carbons (Fsp3) is 1.00. The van der Waals surface area contributed by atoms with Crippen molar-refractivity contribution >= 4 is 7.12 Å². The van der Waals surface area contributed by atoms with Crippen LogP contribution >= 0.6 is 0 Å². The third-order valence-electron chi connectivity index (χ3n) is 4.63. The lowest BCUT2D eigenvalue weighted by Crippen LogP contribution is -2.49. The Bertz CT molecular complexity index is 192. The summed E-state index contributed by atoms with van der Waals surface area (Å²) in [4.78, 5) is 0. The number of hydrogen-bond acceptors (Lipinski definition) is 2. The van der Waals surface area contributed by atoms with Crippen molar-refractivity contribution in [1.82, 2.24) is 0 Å². The molecule has 2 nitrogen and oxygen atoms in total. The van der Waals surface area contributed by atoms with Gasteiger partial charge in [-0.3, -0.25) is 0 Å². The van der Waals surface area contributed by atoms with E-state index >= 15 is 0 Å². The predicted octanol–water partition coefficient (Wildman–Crippen LogP) is 1.43. The second-order valence-electron chi connectivity index (χ2n) is 5.65. The molecule has 0 radical (unpaired) electrons. The molecule has 0 amide bonds. The highest BCUT2D eigenvalue weighted by atomic mass is 16.4. The molecular formula is C10H17BO2. The van der Waals surface area contributed by atoms with Gasteiger partial charge in [0.05, 0.1) is 0 Å². The Kier molecular flexibility index (Phi) is 1.61. The zero-order chi connectivity index (χ0) is 9.05. The Morgan fingerprint density at radius 2 is 1.23 bits per heavy atom. The van der Waals surface area contributed by atoms with Gasteiger partial charge in [-0.2, -0.15) is 0 Å². The lowest BCUT2D eigenvalue weighted by molar-refractivity contribution is 0.0139. The van der Waals surface area contributed by atoms with Crippen LogP contribution < -0.4 is 0 Å². The van der Waals surface area contributed by atoms with E-state index in [1.54, 1.807) is 0 Å². The highest BCUT2D eigenvalue weighted by molar-refractivity contribution is 6.45. The Hall–Kier alpha value is -0.0151. The molecule has 72 valence electrons. The summed E-state index contributed by atoms with van der Waals surface area (Å²) < 4.78 is 0. The Balaban J connectivity index is 1.91. The summed E-state index contributed by atoms with van der Waals surface area (Å²) in [5.41, 5.74) is 0. The molecule has 0 atom stereocenters. The smallest absolute Gasteiger partial charge is 0.427 e. The minimum absolute atomic E-state index is 0.0885. The van der Waals surface area contributed by atoms with Crippen molar-refractivity contribution in [2.75, 3.05) is 0 Å². The van der Waals surface area contributed by atoms with E-state index in [0.29, 0.717) is 0 Å². The molecule has 4 saturated carbocycles. The van der Waals surface area contributed by atoms with Crippen molar-refractivity contribution < 1.29 is 10.0 Å². The largest absolute Gasteiger partial charge is 0.458 e. The molecule has 0 heterocycles. The first-order chi connectivity index (χ1) is 6.18. The maximum atomic E-state index is 9.47. The molecule has 0 aromatic carbocycles. The van der Waals surface area contributed by atoms with Crippen LogP contribution in [0, 0.1) is 17.8 Å². The van der Waals surface area contributed by atoms with Crippen LogP contribution in [-0.2, 0) is 0 Å². The van der Waals surface area contributed by atoms with E-state index in [4.69, 9.17) is 0 Å². The van der Waals surface area contributed by atoms with Crippen LogP contribution in [0.3, 0.4) is 0 Å². The summed E-state index contributed by atoms with van der Waals surface area (Å²) in [7, 11) is -1.05. The van der Waals surface area contributed by atoms with Crippen molar-refractivity contribution in [2.45, 2.75) is 43.8 Å². The molecule has 13 heavy (non-hydrogen) atoms. The fourth-order valence-electron chi connectivity index (χ4n) is 4.49. The van der Waals surface area contributed by atoms with E-state index in [2.05, 4.69) is 0 Å². The zero-order valence-corrected chi connectivity index (χ0v) is 7.95. The van der Waals surface area contributed by atoms with E-state index in [9.17, 15) is 10.0 Å². The highest BCUT2D eigenvalue weighted by Crippen LogP contribution is 2.64. The Morgan fingerprint density at radius 3 is 1.54 bits per heavy atom.